The molecule has 0 bridgehead atoms. The van der Waals surface area contributed by atoms with Gasteiger partial charge in [0.05, 0.1) is 0 Å². The van der Waals surface area contributed by atoms with E-state index in [-0.39, 0.29) is 11.7 Å². The van der Waals surface area contributed by atoms with Crippen LogP contribution in [0, 0.1) is 5.92 Å². The Balaban J connectivity index is 3.43. The molecule has 0 rings (SSSR count). The summed E-state index contributed by atoms with van der Waals surface area (Å²) in [5.41, 5.74) is 0. The molecule has 0 aliphatic rings. The van der Waals surface area contributed by atoms with Gasteiger partial charge >= 0.3 is 0 Å². The highest BCUT2D eigenvalue weighted by Gasteiger charge is 2.10. The van der Waals surface area contributed by atoms with Crippen molar-refractivity contribution >= 4 is 5.78 Å². The minimum Gasteiger partial charge on any atom is -0.374 e. The molecule has 0 aliphatic carbocycles. The molecule has 0 amide bonds. The van der Waals surface area contributed by atoms with Crippen LogP contribution in [0.1, 0.15) is 40.0 Å². The molecule has 0 fully saturated rings. The lowest BCUT2D eigenvalue weighted by atomic mass is 10.0. The summed E-state index contributed by atoms with van der Waals surface area (Å²) in [6.45, 7) is 7.11. The lowest BCUT2D eigenvalue weighted by Gasteiger charge is -2.08. The second-order valence-electron chi connectivity index (χ2n) is 3.21. The van der Waals surface area contributed by atoms with Gasteiger partial charge in [-0.1, -0.05) is 27.2 Å². The minimum absolute atomic E-state index is 0.173. The van der Waals surface area contributed by atoms with Crippen molar-refractivity contribution in [2.24, 2.45) is 5.92 Å². The Morgan fingerprint density at radius 3 is 2.50 bits per heavy atom. The molecule has 0 aliphatic heterocycles. The first-order chi connectivity index (χ1) is 5.72. The SMILES string of the molecule is CCCOCC(=O)C(C)CCC. The Kier molecular flexibility index (Phi) is 7.06. The molecular weight excluding hydrogens is 152 g/mol. The van der Waals surface area contributed by atoms with E-state index >= 15 is 0 Å². The van der Waals surface area contributed by atoms with Gasteiger partial charge in [0.25, 0.3) is 0 Å². The van der Waals surface area contributed by atoms with Crippen molar-refractivity contribution in [2.45, 2.75) is 40.0 Å². The second-order valence-corrected chi connectivity index (χ2v) is 3.21. The van der Waals surface area contributed by atoms with E-state index in [1.807, 2.05) is 13.8 Å². The third-order valence-electron chi connectivity index (χ3n) is 1.86. The summed E-state index contributed by atoms with van der Waals surface area (Å²) < 4.78 is 5.16. The van der Waals surface area contributed by atoms with Crippen molar-refractivity contribution in [3.8, 4) is 0 Å². The van der Waals surface area contributed by atoms with Crippen molar-refractivity contribution in [3.63, 3.8) is 0 Å². The topological polar surface area (TPSA) is 26.3 Å². The monoisotopic (exact) mass is 172 g/mol. The molecule has 72 valence electrons. The van der Waals surface area contributed by atoms with Crippen LogP contribution in [0.15, 0.2) is 0 Å². The number of carbonyl (C=O) groups is 1. The molecule has 0 aromatic carbocycles. The van der Waals surface area contributed by atoms with Crippen molar-refractivity contribution in [3.05, 3.63) is 0 Å². The third kappa shape index (κ3) is 5.30. The van der Waals surface area contributed by atoms with Crippen molar-refractivity contribution in [2.75, 3.05) is 13.2 Å². The van der Waals surface area contributed by atoms with E-state index in [9.17, 15) is 4.79 Å². The molecule has 0 N–H and O–H groups in total. The molecule has 0 saturated heterocycles. The maximum Gasteiger partial charge on any atom is 0.161 e. The van der Waals surface area contributed by atoms with Crippen LogP contribution in [0.4, 0.5) is 0 Å². The summed E-state index contributed by atoms with van der Waals surface area (Å²) in [6, 6.07) is 0. The van der Waals surface area contributed by atoms with E-state index in [1.165, 1.54) is 0 Å². The maximum atomic E-state index is 11.3. The van der Waals surface area contributed by atoms with Gasteiger partial charge in [0.2, 0.25) is 0 Å². The molecule has 1 unspecified atom stereocenters. The summed E-state index contributed by atoms with van der Waals surface area (Å²) in [6.07, 6.45) is 3.03. The zero-order valence-corrected chi connectivity index (χ0v) is 8.43. The number of ketones is 1. The molecule has 0 aromatic heterocycles. The first kappa shape index (κ1) is 11.6. The normalized spacial score (nSPS) is 12.9. The van der Waals surface area contributed by atoms with Crippen molar-refractivity contribution in [1.29, 1.82) is 0 Å². The molecule has 2 nitrogen and oxygen atoms in total. The van der Waals surface area contributed by atoms with E-state index in [2.05, 4.69) is 6.92 Å². The molecular formula is C10H20O2. The number of ether oxygens (including phenoxy) is 1. The fourth-order valence-electron chi connectivity index (χ4n) is 1.05. The average molecular weight is 172 g/mol. The van der Waals surface area contributed by atoms with Crippen LogP contribution in [0.25, 0.3) is 0 Å². The average Bonchev–Trinajstić information content (AvgIpc) is 2.05. The lowest BCUT2D eigenvalue weighted by molar-refractivity contribution is -0.127. The van der Waals surface area contributed by atoms with E-state index in [1.54, 1.807) is 0 Å². The quantitative estimate of drug-likeness (QED) is 0.551. The summed E-state index contributed by atoms with van der Waals surface area (Å²) in [4.78, 5) is 11.3. The fraction of sp³-hybridized carbons (Fsp3) is 0.900. The van der Waals surface area contributed by atoms with Crippen LogP contribution in [0.2, 0.25) is 0 Å². The lowest BCUT2D eigenvalue weighted by Crippen LogP contribution is -2.17. The Bertz CT molecular complexity index is 121. The Morgan fingerprint density at radius 1 is 1.33 bits per heavy atom. The van der Waals surface area contributed by atoms with E-state index in [0.717, 1.165) is 19.3 Å². The highest BCUT2D eigenvalue weighted by Crippen LogP contribution is 2.06. The van der Waals surface area contributed by atoms with E-state index in [0.29, 0.717) is 13.2 Å². The molecule has 0 saturated carbocycles. The molecule has 0 aromatic rings. The maximum absolute atomic E-state index is 11.3. The standard InChI is InChI=1S/C10H20O2/c1-4-6-9(3)10(11)8-12-7-5-2/h9H,4-8H2,1-3H3. The molecule has 1 atom stereocenters. The second kappa shape index (κ2) is 7.29. The Labute approximate surface area is 75.3 Å². The molecule has 0 radical (unpaired) electrons. The summed E-state index contributed by atoms with van der Waals surface area (Å²) in [5, 5.41) is 0. The predicted octanol–water partition coefficient (Wildman–Crippen LogP) is 2.42. The first-order valence-corrected chi connectivity index (χ1v) is 4.82. The van der Waals surface area contributed by atoms with Crippen molar-refractivity contribution < 1.29 is 9.53 Å². The van der Waals surface area contributed by atoms with Gasteiger partial charge in [-0.25, -0.2) is 0 Å². The van der Waals surface area contributed by atoms with Crippen LogP contribution in [-0.2, 0) is 9.53 Å². The van der Waals surface area contributed by atoms with E-state index in [4.69, 9.17) is 4.74 Å². The Hall–Kier alpha value is -0.370. The van der Waals surface area contributed by atoms with Crippen LogP contribution in [-0.4, -0.2) is 19.0 Å². The number of hydrogen-bond donors (Lipinski definition) is 0. The summed E-state index contributed by atoms with van der Waals surface area (Å²) in [7, 11) is 0. The van der Waals surface area contributed by atoms with Gasteiger partial charge in [0.15, 0.2) is 5.78 Å². The molecule has 0 spiro atoms. The fourth-order valence-corrected chi connectivity index (χ4v) is 1.05. The van der Waals surface area contributed by atoms with Gasteiger partial charge in [0.1, 0.15) is 6.61 Å². The summed E-state index contributed by atoms with van der Waals surface area (Å²) in [5.74, 6) is 0.414. The molecule has 2 heteroatoms. The van der Waals surface area contributed by atoms with Gasteiger partial charge in [-0.2, -0.15) is 0 Å². The number of Topliss-reactive ketones (excluding diaryl/α,β-unsaturated/α-hetero) is 1. The Morgan fingerprint density at radius 2 is 2.00 bits per heavy atom. The van der Waals surface area contributed by atoms with Crippen LogP contribution in [0.5, 0.6) is 0 Å². The van der Waals surface area contributed by atoms with Gasteiger partial charge in [-0.15, -0.1) is 0 Å². The van der Waals surface area contributed by atoms with Crippen LogP contribution in [0.3, 0.4) is 0 Å². The minimum atomic E-state index is 0.173. The van der Waals surface area contributed by atoms with Crippen LogP contribution < -0.4 is 0 Å². The largest absolute Gasteiger partial charge is 0.374 e. The van der Waals surface area contributed by atoms with Gasteiger partial charge < -0.3 is 4.74 Å². The predicted molar refractivity (Wildman–Crippen MR) is 50.2 cm³/mol. The van der Waals surface area contributed by atoms with Crippen LogP contribution >= 0.6 is 0 Å². The third-order valence-corrected chi connectivity index (χ3v) is 1.86. The van der Waals surface area contributed by atoms with Crippen molar-refractivity contribution in [1.82, 2.24) is 0 Å². The number of carbonyl (C=O) groups excluding carboxylic acids is 1. The zero-order chi connectivity index (χ0) is 9.40. The molecule has 12 heavy (non-hydrogen) atoms. The highest BCUT2D eigenvalue weighted by atomic mass is 16.5. The van der Waals surface area contributed by atoms with Gasteiger partial charge in [0, 0.05) is 12.5 Å². The van der Waals surface area contributed by atoms with E-state index < -0.39 is 0 Å². The van der Waals surface area contributed by atoms with Gasteiger partial charge in [-0.05, 0) is 12.8 Å². The highest BCUT2D eigenvalue weighted by molar-refractivity contribution is 5.81. The number of rotatable bonds is 7. The smallest absolute Gasteiger partial charge is 0.161 e. The number of hydrogen-bond acceptors (Lipinski definition) is 2. The zero-order valence-electron chi connectivity index (χ0n) is 8.43. The first-order valence-electron chi connectivity index (χ1n) is 4.82. The molecule has 0 heterocycles. The van der Waals surface area contributed by atoms with Gasteiger partial charge in [-0.3, -0.25) is 4.79 Å². The summed E-state index contributed by atoms with van der Waals surface area (Å²) >= 11 is 0.